The molecule has 0 bridgehead atoms. The summed E-state index contributed by atoms with van der Waals surface area (Å²) in [6.45, 7) is 7.86. The van der Waals surface area contributed by atoms with Crippen LogP contribution in [0.4, 0.5) is 17.1 Å². The van der Waals surface area contributed by atoms with Gasteiger partial charge in [-0.05, 0) is 99.0 Å². The van der Waals surface area contributed by atoms with Crippen molar-refractivity contribution in [3.8, 4) is 11.8 Å². The van der Waals surface area contributed by atoms with Gasteiger partial charge in [-0.3, -0.25) is 0 Å². The van der Waals surface area contributed by atoms with E-state index in [0.717, 1.165) is 45.3 Å². The molecule has 0 saturated heterocycles. The number of hydrogen-bond donors (Lipinski definition) is 0. The highest BCUT2D eigenvalue weighted by Gasteiger charge is 2.20. The standard InChI is InChI=1S/C33H28N2O2/c1-22-9-8-12-28(15-22)35(27-10-6-5-7-11-27)29-13-14-32-23(2)16-30(37-33(32)19-29)20-31-18-26(24(3)21-34)17-25(4)36-31/h5-20H,1-4H3/b26-24-,30-20+. The van der Waals surface area contributed by atoms with Gasteiger partial charge in [0.1, 0.15) is 23.0 Å². The molecule has 0 aliphatic carbocycles. The molecule has 2 aliphatic heterocycles. The van der Waals surface area contributed by atoms with Gasteiger partial charge in [-0.1, -0.05) is 30.3 Å². The molecule has 0 amide bonds. The second kappa shape index (κ2) is 10.1. The second-order valence-corrected chi connectivity index (χ2v) is 9.26. The van der Waals surface area contributed by atoms with Crippen LogP contribution in [0.15, 0.2) is 126 Å². The Hall–Kier alpha value is -4.75. The smallest absolute Gasteiger partial charge is 0.137 e. The molecule has 5 rings (SSSR count). The van der Waals surface area contributed by atoms with Gasteiger partial charge in [0.05, 0.1) is 6.07 Å². The van der Waals surface area contributed by atoms with Crippen LogP contribution in [-0.4, -0.2) is 0 Å². The fraction of sp³-hybridized carbons (Fsp3) is 0.121. The Bertz CT molecular complexity index is 1560. The van der Waals surface area contributed by atoms with Crippen LogP contribution in [0.2, 0.25) is 0 Å². The van der Waals surface area contributed by atoms with E-state index in [4.69, 9.17) is 9.47 Å². The molecule has 37 heavy (non-hydrogen) atoms. The Balaban J connectivity index is 1.54. The number of fused-ring (bicyclic) bond motifs is 1. The van der Waals surface area contributed by atoms with Crippen molar-refractivity contribution in [2.75, 3.05) is 4.90 Å². The van der Waals surface area contributed by atoms with E-state index in [1.54, 1.807) is 6.92 Å². The highest BCUT2D eigenvalue weighted by atomic mass is 16.5. The highest BCUT2D eigenvalue weighted by Crippen LogP contribution is 2.41. The fourth-order valence-electron chi connectivity index (χ4n) is 4.52. The lowest BCUT2D eigenvalue weighted by molar-refractivity contribution is 0.313. The highest BCUT2D eigenvalue weighted by molar-refractivity contribution is 5.81. The number of anilines is 3. The molecule has 182 valence electrons. The molecule has 2 heterocycles. The minimum atomic E-state index is 0.633. The summed E-state index contributed by atoms with van der Waals surface area (Å²) in [6, 6.07) is 27.4. The van der Waals surface area contributed by atoms with Crippen molar-refractivity contribution in [3.05, 3.63) is 137 Å². The molecule has 4 heteroatoms. The molecule has 0 radical (unpaired) electrons. The normalized spacial score (nSPS) is 16.8. The molecule has 0 unspecified atom stereocenters. The maximum absolute atomic E-state index is 9.31. The Labute approximate surface area is 218 Å². The summed E-state index contributed by atoms with van der Waals surface area (Å²) in [6.07, 6.45) is 7.62. The molecule has 0 N–H and O–H groups in total. The number of allylic oxidation sites excluding steroid dienone is 8. The Kier molecular flexibility index (Phi) is 6.53. The molecule has 2 aliphatic rings. The number of benzene rings is 3. The van der Waals surface area contributed by atoms with E-state index in [2.05, 4.69) is 79.4 Å². The average Bonchev–Trinajstić information content (AvgIpc) is 2.88. The fourth-order valence-corrected chi connectivity index (χ4v) is 4.52. The molecule has 4 nitrogen and oxygen atoms in total. The van der Waals surface area contributed by atoms with Crippen LogP contribution >= 0.6 is 0 Å². The molecule has 0 spiro atoms. The van der Waals surface area contributed by atoms with Crippen molar-refractivity contribution in [2.24, 2.45) is 0 Å². The van der Waals surface area contributed by atoms with Gasteiger partial charge in [0.2, 0.25) is 0 Å². The quantitative estimate of drug-likeness (QED) is 0.347. The largest absolute Gasteiger partial charge is 0.462 e. The number of para-hydroxylation sites is 1. The van der Waals surface area contributed by atoms with E-state index in [0.29, 0.717) is 17.1 Å². The molecule has 0 aromatic heterocycles. The molecule has 0 atom stereocenters. The van der Waals surface area contributed by atoms with Crippen LogP contribution in [0.5, 0.6) is 5.75 Å². The minimum absolute atomic E-state index is 0.633. The third-order valence-corrected chi connectivity index (χ3v) is 6.33. The van der Waals surface area contributed by atoms with Gasteiger partial charge in [0, 0.05) is 40.3 Å². The van der Waals surface area contributed by atoms with E-state index in [1.165, 1.54) is 5.56 Å². The van der Waals surface area contributed by atoms with E-state index in [9.17, 15) is 5.26 Å². The maximum Gasteiger partial charge on any atom is 0.137 e. The number of aryl methyl sites for hydroxylation is 1. The summed E-state index contributed by atoms with van der Waals surface area (Å²) in [5, 5.41) is 9.31. The predicted molar refractivity (Wildman–Crippen MR) is 149 cm³/mol. The molecule has 0 saturated carbocycles. The van der Waals surface area contributed by atoms with E-state index in [1.807, 2.05) is 49.4 Å². The number of hydrogen-bond acceptors (Lipinski definition) is 4. The first-order valence-electron chi connectivity index (χ1n) is 12.2. The van der Waals surface area contributed by atoms with E-state index < -0.39 is 0 Å². The monoisotopic (exact) mass is 484 g/mol. The molecule has 0 fully saturated rings. The summed E-state index contributed by atoms with van der Waals surface area (Å²) in [5.41, 5.74) is 7.99. The summed E-state index contributed by atoms with van der Waals surface area (Å²) in [5.74, 6) is 2.83. The van der Waals surface area contributed by atoms with Gasteiger partial charge in [-0.2, -0.15) is 5.26 Å². The van der Waals surface area contributed by atoms with Gasteiger partial charge in [-0.15, -0.1) is 0 Å². The van der Waals surface area contributed by atoms with Crippen LogP contribution in [0.25, 0.3) is 5.57 Å². The molecule has 3 aromatic carbocycles. The number of ether oxygens (including phenoxy) is 2. The van der Waals surface area contributed by atoms with Gasteiger partial charge in [-0.25, -0.2) is 0 Å². The summed E-state index contributed by atoms with van der Waals surface area (Å²) < 4.78 is 12.3. The summed E-state index contributed by atoms with van der Waals surface area (Å²) in [7, 11) is 0. The van der Waals surface area contributed by atoms with Gasteiger partial charge in [0.15, 0.2) is 0 Å². The van der Waals surface area contributed by atoms with Gasteiger partial charge < -0.3 is 14.4 Å². The van der Waals surface area contributed by atoms with E-state index >= 15 is 0 Å². The zero-order valence-corrected chi connectivity index (χ0v) is 21.4. The molecular weight excluding hydrogens is 456 g/mol. The third kappa shape index (κ3) is 5.12. The Morgan fingerprint density at radius 1 is 0.811 bits per heavy atom. The first-order valence-corrected chi connectivity index (χ1v) is 12.2. The lowest BCUT2D eigenvalue weighted by Crippen LogP contribution is -2.11. The van der Waals surface area contributed by atoms with Crippen LogP contribution in [0.3, 0.4) is 0 Å². The van der Waals surface area contributed by atoms with Crippen molar-refractivity contribution >= 4 is 22.6 Å². The third-order valence-electron chi connectivity index (χ3n) is 6.33. The Morgan fingerprint density at radius 2 is 1.57 bits per heavy atom. The lowest BCUT2D eigenvalue weighted by Gasteiger charge is -2.27. The van der Waals surface area contributed by atoms with Crippen molar-refractivity contribution in [2.45, 2.75) is 27.7 Å². The zero-order chi connectivity index (χ0) is 25.9. The van der Waals surface area contributed by atoms with Gasteiger partial charge in [0.25, 0.3) is 0 Å². The van der Waals surface area contributed by atoms with Crippen molar-refractivity contribution < 1.29 is 9.47 Å². The maximum atomic E-state index is 9.31. The topological polar surface area (TPSA) is 45.5 Å². The molecular formula is C33H28N2O2. The van der Waals surface area contributed by atoms with Crippen molar-refractivity contribution in [1.29, 1.82) is 5.26 Å². The van der Waals surface area contributed by atoms with Crippen molar-refractivity contribution in [1.82, 2.24) is 0 Å². The van der Waals surface area contributed by atoms with Crippen molar-refractivity contribution in [3.63, 3.8) is 0 Å². The van der Waals surface area contributed by atoms with Crippen LogP contribution in [-0.2, 0) is 4.74 Å². The van der Waals surface area contributed by atoms with Gasteiger partial charge >= 0.3 is 0 Å². The average molecular weight is 485 g/mol. The SMILES string of the molecule is CC1=C/C(=C(\C)C#N)C=C(/C=C2\C=C(C)c3ccc(N(c4ccccc4)c4cccc(C)c4)cc3O2)O1. The first kappa shape index (κ1) is 24.0. The van der Waals surface area contributed by atoms with E-state index in [-0.39, 0.29) is 0 Å². The zero-order valence-electron chi connectivity index (χ0n) is 21.4. The van der Waals surface area contributed by atoms with Crippen LogP contribution in [0.1, 0.15) is 31.9 Å². The first-order chi connectivity index (χ1) is 17.9. The summed E-state index contributed by atoms with van der Waals surface area (Å²) >= 11 is 0. The molecule has 3 aromatic rings. The lowest BCUT2D eigenvalue weighted by atomic mass is 10.0. The minimum Gasteiger partial charge on any atom is -0.462 e. The summed E-state index contributed by atoms with van der Waals surface area (Å²) in [4.78, 5) is 2.23. The second-order valence-electron chi connectivity index (χ2n) is 9.26. The predicted octanol–water partition coefficient (Wildman–Crippen LogP) is 8.80. The Morgan fingerprint density at radius 3 is 2.32 bits per heavy atom. The van der Waals surface area contributed by atoms with Crippen LogP contribution < -0.4 is 9.64 Å². The number of nitrogens with zero attached hydrogens (tertiary/aromatic N) is 2. The van der Waals surface area contributed by atoms with Crippen LogP contribution in [0, 0.1) is 18.3 Å². The number of nitriles is 1. The number of rotatable bonds is 4.